The summed E-state index contributed by atoms with van der Waals surface area (Å²) in [4.78, 5) is 10.3. The second kappa shape index (κ2) is 6.66. The summed E-state index contributed by atoms with van der Waals surface area (Å²) in [5.74, 6) is 1.82. The molecule has 6 heteroatoms. The van der Waals surface area contributed by atoms with Crippen molar-refractivity contribution in [2.45, 2.75) is 46.6 Å². The van der Waals surface area contributed by atoms with Crippen LogP contribution in [0.2, 0.25) is 0 Å². The monoisotopic (exact) mass is 329 g/mol. The molecular formula is C17H23N5S. The van der Waals surface area contributed by atoms with Gasteiger partial charge >= 0.3 is 0 Å². The van der Waals surface area contributed by atoms with Crippen molar-refractivity contribution in [3.63, 3.8) is 0 Å². The Bertz CT molecular complexity index is 818. The SMILES string of the molecule is CCc1nc(NCc2c(CC)nn(C)c2CC)c2ccsc2n1. The van der Waals surface area contributed by atoms with E-state index in [2.05, 4.69) is 52.6 Å². The normalized spacial score (nSPS) is 11.3. The van der Waals surface area contributed by atoms with Crippen LogP contribution in [-0.2, 0) is 32.9 Å². The first-order valence-electron chi connectivity index (χ1n) is 8.19. The molecule has 0 fully saturated rings. The third kappa shape index (κ3) is 2.95. The lowest BCUT2D eigenvalue weighted by Crippen LogP contribution is -2.07. The number of nitrogens with one attached hydrogen (secondary N) is 1. The molecule has 0 aliphatic rings. The van der Waals surface area contributed by atoms with E-state index in [1.54, 1.807) is 11.3 Å². The number of fused-ring (bicyclic) bond motifs is 1. The molecule has 3 aromatic heterocycles. The fourth-order valence-electron chi connectivity index (χ4n) is 2.96. The summed E-state index contributed by atoms with van der Waals surface area (Å²) in [7, 11) is 2.03. The molecule has 23 heavy (non-hydrogen) atoms. The van der Waals surface area contributed by atoms with Gasteiger partial charge in [0.25, 0.3) is 0 Å². The summed E-state index contributed by atoms with van der Waals surface area (Å²) >= 11 is 1.66. The Morgan fingerprint density at radius 2 is 1.96 bits per heavy atom. The Morgan fingerprint density at radius 1 is 1.13 bits per heavy atom. The molecule has 0 unspecified atom stereocenters. The third-order valence-electron chi connectivity index (χ3n) is 4.15. The number of aryl methyl sites for hydroxylation is 3. The van der Waals surface area contributed by atoms with Gasteiger partial charge in [-0.1, -0.05) is 20.8 Å². The maximum atomic E-state index is 4.68. The summed E-state index contributed by atoms with van der Waals surface area (Å²) in [6, 6.07) is 2.09. The highest BCUT2D eigenvalue weighted by molar-refractivity contribution is 7.16. The highest BCUT2D eigenvalue weighted by atomic mass is 32.1. The molecule has 5 nitrogen and oxygen atoms in total. The first-order chi connectivity index (χ1) is 11.2. The molecule has 0 spiro atoms. The van der Waals surface area contributed by atoms with Crippen LogP contribution in [0.15, 0.2) is 11.4 Å². The van der Waals surface area contributed by atoms with Crippen molar-refractivity contribution < 1.29 is 0 Å². The second-order valence-electron chi connectivity index (χ2n) is 5.54. The van der Waals surface area contributed by atoms with Gasteiger partial charge in [-0.3, -0.25) is 4.68 Å². The highest BCUT2D eigenvalue weighted by Crippen LogP contribution is 2.26. The third-order valence-corrected chi connectivity index (χ3v) is 4.95. The Balaban J connectivity index is 1.93. The zero-order valence-electron chi connectivity index (χ0n) is 14.2. The van der Waals surface area contributed by atoms with Gasteiger partial charge in [0.2, 0.25) is 0 Å². The van der Waals surface area contributed by atoms with Crippen LogP contribution in [0.4, 0.5) is 5.82 Å². The smallest absolute Gasteiger partial charge is 0.138 e. The molecule has 0 saturated heterocycles. The lowest BCUT2D eigenvalue weighted by molar-refractivity contribution is 0.703. The van der Waals surface area contributed by atoms with Crippen LogP contribution < -0.4 is 5.32 Å². The Kier molecular flexibility index (Phi) is 4.61. The van der Waals surface area contributed by atoms with E-state index in [1.165, 1.54) is 17.0 Å². The molecule has 3 rings (SSSR count). The quantitative estimate of drug-likeness (QED) is 0.749. The van der Waals surface area contributed by atoms with Gasteiger partial charge in [-0.25, -0.2) is 9.97 Å². The standard InChI is InChI=1S/C17H23N5S/c1-5-13-12(14(6-2)22(4)21-13)10-18-16-11-8-9-23-17(11)20-15(7-3)19-16/h8-9H,5-7,10H2,1-4H3,(H,18,19,20). The maximum absolute atomic E-state index is 4.68. The van der Waals surface area contributed by atoms with E-state index in [4.69, 9.17) is 0 Å². The van der Waals surface area contributed by atoms with Gasteiger partial charge in [0.05, 0.1) is 11.1 Å². The molecule has 0 aromatic carbocycles. The first-order valence-corrected chi connectivity index (χ1v) is 9.07. The van der Waals surface area contributed by atoms with Crippen LogP contribution in [0, 0.1) is 0 Å². The molecule has 0 aliphatic heterocycles. The minimum absolute atomic E-state index is 0.755. The van der Waals surface area contributed by atoms with Gasteiger partial charge in [0.15, 0.2) is 0 Å². The van der Waals surface area contributed by atoms with E-state index in [-0.39, 0.29) is 0 Å². The predicted octanol–water partition coefficient (Wildman–Crippen LogP) is 3.72. The van der Waals surface area contributed by atoms with E-state index in [9.17, 15) is 0 Å². The maximum Gasteiger partial charge on any atom is 0.138 e. The number of anilines is 1. The van der Waals surface area contributed by atoms with Crippen molar-refractivity contribution in [3.05, 3.63) is 34.2 Å². The average Bonchev–Trinajstić information content (AvgIpc) is 3.15. The van der Waals surface area contributed by atoms with E-state index < -0.39 is 0 Å². The van der Waals surface area contributed by atoms with Crippen molar-refractivity contribution >= 4 is 27.4 Å². The van der Waals surface area contributed by atoms with Crippen molar-refractivity contribution in [2.75, 3.05) is 5.32 Å². The van der Waals surface area contributed by atoms with Gasteiger partial charge in [-0.2, -0.15) is 5.10 Å². The van der Waals surface area contributed by atoms with Crippen LogP contribution in [0.5, 0.6) is 0 Å². The topological polar surface area (TPSA) is 55.6 Å². The van der Waals surface area contributed by atoms with Crippen LogP contribution in [-0.4, -0.2) is 19.7 Å². The number of hydrogen-bond acceptors (Lipinski definition) is 5. The second-order valence-corrected chi connectivity index (χ2v) is 6.43. The first kappa shape index (κ1) is 15.9. The van der Waals surface area contributed by atoms with E-state index in [0.717, 1.165) is 47.7 Å². The minimum Gasteiger partial charge on any atom is -0.365 e. The fraction of sp³-hybridized carbons (Fsp3) is 0.471. The molecule has 1 N–H and O–H groups in total. The van der Waals surface area contributed by atoms with E-state index >= 15 is 0 Å². The van der Waals surface area contributed by atoms with Crippen LogP contribution in [0.3, 0.4) is 0 Å². The predicted molar refractivity (Wildman–Crippen MR) is 96.1 cm³/mol. The Hall–Kier alpha value is -1.95. The fourth-order valence-corrected chi connectivity index (χ4v) is 3.74. The molecule has 0 saturated carbocycles. The average molecular weight is 329 g/mol. The van der Waals surface area contributed by atoms with Crippen molar-refractivity contribution in [3.8, 4) is 0 Å². The summed E-state index contributed by atoms with van der Waals surface area (Å²) in [6.45, 7) is 7.18. The summed E-state index contributed by atoms with van der Waals surface area (Å²) in [5, 5.41) is 11.4. The minimum atomic E-state index is 0.755. The molecule has 0 atom stereocenters. The summed E-state index contributed by atoms with van der Waals surface area (Å²) in [5.41, 5.74) is 3.77. The largest absolute Gasteiger partial charge is 0.365 e. The Labute approximate surface area is 140 Å². The van der Waals surface area contributed by atoms with Gasteiger partial charge < -0.3 is 5.32 Å². The molecule has 3 heterocycles. The van der Waals surface area contributed by atoms with Gasteiger partial charge in [-0.15, -0.1) is 11.3 Å². The lowest BCUT2D eigenvalue weighted by atomic mass is 10.1. The summed E-state index contributed by atoms with van der Waals surface area (Å²) < 4.78 is 2.01. The van der Waals surface area contributed by atoms with Crippen LogP contribution in [0.25, 0.3) is 10.2 Å². The number of aromatic nitrogens is 4. The molecular weight excluding hydrogens is 306 g/mol. The number of thiophene rings is 1. The number of nitrogens with zero attached hydrogens (tertiary/aromatic N) is 4. The summed E-state index contributed by atoms with van der Waals surface area (Å²) in [6.07, 6.45) is 2.77. The molecule has 0 radical (unpaired) electrons. The number of hydrogen-bond donors (Lipinski definition) is 1. The van der Waals surface area contributed by atoms with E-state index in [1.807, 2.05) is 11.7 Å². The Morgan fingerprint density at radius 3 is 2.65 bits per heavy atom. The van der Waals surface area contributed by atoms with Crippen molar-refractivity contribution in [1.82, 2.24) is 19.7 Å². The van der Waals surface area contributed by atoms with Crippen molar-refractivity contribution in [2.24, 2.45) is 7.05 Å². The number of rotatable bonds is 6. The molecule has 3 aromatic rings. The van der Waals surface area contributed by atoms with Crippen LogP contribution in [0.1, 0.15) is 43.5 Å². The van der Waals surface area contributed by atoms with Gasteiger partial charge in [0.1, 0.15) is 16.5 Å². The van der Waals surface area contributed by atoms with E-state index in [0.29, 0.717) is 0 Å². The van der Waals surface area contributed by atoms with Gasteiger partial charge in [0, 0.05) is 31.3 Å². The molecule has 122 valence electrons. The molecule has 0 bridgehead atoms. The molecule has 0 aliphatic carbocycles. The zero-order valence-corrected chi connectivity index (χ0v) is 15.0. The zero-order chi connectivity index (χ0) is 16.4. The molecule has 0 amide bonds. The van der Waals surface area contributed by atoms with Crippen LogP contribution >= 0.6 is 11.3 Å². The lowest BCUT2D eigenvalue weighted by Gasteiger charge is -2.10. The highest BCUT2D eigenvalue weighted by Gasteiger charge is 2.15. The van der Waals surface area contributed by atoms with Crippen molar-refractivity contribution in [1.29, 1.82) is 0 Å². The van der Waals surface area contributed by atoms with Gasteiger partial charge in [-0.05, 0) is 24.3 Å².